The Hall–Kier alpha value is -1.89. The lowest BCUT2D eigenvalue weighted by atomic mass is 9.97. The van der Waals surface area contributed by atoms with Crippen LogP contribution in [0.5, 0.6) is 0 Å². The van der Waals surface area contributed by atoms with Crippen LogP contribution in [-0.2, 0) is 0 Å². The average molecular weight is 242 g/mol. The van der Waals surface area contributed by atoms with Crippen LogP contribution in [0.4, 0.5) is 0 Å². The van der Waals surface area contributed by atoms with E-state index in [4.69, 9.17) is 5.26 Å². The first-order valence-electron chi connectivity index (χ1n) is 6.54. The molecule has 0 aromatic carbocycles. The monoisotopic (exact) mass is 242 g/mol. The molecule has 0 atom stereocenters. The van der Waals surface area contributed by atoms with E-state index in [9.17, 15) is 0 Å². The molecule has 2 heterocycles. The minimum Gasteiger partial charge on any atom is -0.286 e. The van der Waals surface area contributed by atoms with Gasteiger partial charge in [-0.1, -0.05) is 26.7 Å². The van der Waals surface area contributed by atoms with Crippen LogP contribution in [0.15, 0.2) is 18.3 Å². The van der Waals surface area contributed by atoms with Gasteiger partial charge in [0, 0.05) is 18.2 Å². The summed E-state index contributed by atoms with van der Waals surface area (Å²) in [6.07, 6.45) is 6.47. The van der Waals surface area contributed by atoms with E-state index in [1.165, 1.54) is 0 Å². The van der Waals surface area contributed by atoms with Crippen LogP contribution in [-0.4, -0.2) is 14.6 Å². The SMILES string of the molecule is CCCC(CCC)c1nnc2cc(C#N)ccn12. The molecule has 0 unspecified atom stereocenters. The smallest absolute Gasteiger partial charge is 0.162 e. The molecule has 94 valence electrons. The van der Waals surface area contributed by atoms with Gasteiger partial charge in [-0.05, 0) is 18.9 Å². The number of hydrogen-bond donors (Lipinski definition) is 0. The highest BCUT2D eigenvalue weighted by Crippen LogP contribution is 2.25. The summed E-state index contributed by atoms with van der Waals surface area (Å²) in [4.78, 5) is 0. The molecule has 4 nitrogen and oxygen atoms in total. The van der Waals surface area contributed by atoms with Gasteiger partial charge in [-0.2, -0.15) is 5.26 Å². The molecule has 2 aromatic heterocycles. The van der Waals surface area contributed by atoms with E-state index in [1.807, 2.05) is 16.7 Å². The molecular weight excluding hydrogens is 224 g/mol. The van der Waals surface area contributed by atoms with Gasteiger partial charge in [0.1, 0.15) is 5.82 Å². The lowest BCUT2D eigenvalue weighted by Gasteiger charge is -2.13. The van der Waals surface area contributed by atoms with Crippen molar-refractivity contribution in [1.82, 2.24) is 14.6 Å². The topological polar surface area (TPSA) is 54.0 Å². The van der Waals surface area contributed by atoms with Gasteiger partial charge in [0.05, 0.1) is 11.6 Å². The fraction of sp³-hybridized carbons (Fsp3) is 0.500. The predicted molar refractivity (Wildman–Crippen MR) is 70.3 cm³/mol. The van der Waals surface area contributed by atoms with E-state index in [0.717, 1.165) is 37.2 Å². The summed E-state index contributed by atoms with van der Waals surface area (Å²) >= 11 is 0. The second kappa shape index (κ2) is 5.63. The van der Waals surface area contributed by atoms with Crippen LogP contribution in [0.1, 0.15) is 56.8 Å². The number of nitrogens with zero attached hydrogens (tertiary/aromatic N) is 4. The van der Waals surface area contributed by atoms with Crippen molar-refractivity contribution in [3.63, 3.8) is 0 Å². The zero-order chi connectivity index (χ0) is 13.0. The third kappa shape index (κ3) is 2.35. The molecule has 18 heavy (non-hydrogen) atoms. The van der Waals surface area contributed by atoms with E-state index >= 15 is 0 Å². The van der Waals surface area contributed by atoms with Gasteiger partial charge in [-0.15, -0.1) is 10.2 Å². The van der Waals surface area contributed by atoms with Gasteiger partial charge in [-0.25, -0.2) is 0 Å². The van der Waals surface area contributed by atoms with Gasteiger partial charge in [-0.3, -0.25) is 4.40 Å². The maximum absolute atomic E-state index is 8.87. The Morgan fingerprint density at radius 3 is 2.61 bits per heavy atom. The van der Waals surface area contributed by atoms with Crippen LogP contribution in [0, 0.1) is 11.3 Å². The van der Waals surface area contributed by atoms with Crippen LogP contribution < -0.4 is 0 Å². The molecule has 0 N–H and O–H groups in total. The van der Waals surface area contributed by atoms with Crippen molar-refractivity contribution in [2.24, 2.45) is 0 Å². The van der Waals surface area contributed by atoms with Crippen molar-refractivity contribution in [2.45, 2.75) is 45.4 Å². The number of rotatable bonds is 5. The Morgan fingerprint density at radius 2 is 2.00 bits per heavy atom. The first kappa shape index (κ1) is 12.6. The third-order valence-corrected chi connectivity index (χ3v) is 3.20. The van der Waals surface area contributed by atoms with Gasteiger partial charge >= 0.3 is 0 Å². The minimum absolute atomic E-state index is 0.461. The molecule has 4 heteroatoms. The maximum atomic E-state index is 8.87. The molecule has 0 spiro atoms. The molecule has 0 saturated heterocycles. The summed E-state index contributed by atoms with van der Waals surface area (Å²) in [6, 6.07) is 5.72. The molecule has 0 saturated carbocycles. The second-order valence-corrected chi connectivity index (χ2v) is 4.59. The number of pyridine rings is 1. The fourth-order valence-corrected chi connectivity index (χ4v) is 2.36. The molecule has 0 aliphatic rings. The van der Waals surface area contributed by atoms with Crippen molar-refractivity contribution >= 4 is 5.65 Å². The van der Waals surface area contributed by atoms with Crippen LogP contribution in [0.25, 0.3) is 5.65 Å². The predicted octanol–water partition coefficient (Wildman–Crippen LogP) is 3.28. The quantitative estimate of drug-likeness (QED) is 0.808. The van der Waals surface area contributed by atoms with E-state index < -0.39 is 0 Å². The molecule has 0 radical (unpaired) electrons. The third-order valence-electron chi connectivity index (χ3n) is 3.20. The maximum Gasteiger partial charge on any atom is 0.162 e. The normalized spacial score (nSPS) is 11.0. The second-order valence-electron chi connectivity index (χ2n) is 4.59. The standard InChI is InChI=1S/C14H18N4/c1-3-5-12(6-4-2)14-17-16-13-9-11(10-15)7-8-18(13)14/h7-9,12H,3-6H2,1-2H3. The Balaban J connectivity index is 2.41. The first-order valence-corrected chi connectivity index (χ1v) is 6.54. The summed E-state index contributed by atoms with van der Waals surface area (Å²) in [6.45, 7) is 4.39. The zero-order valence-electron chi connectivity index (χ0n) is 10.9. The Labute approximate surface area is 107 Å². The van der Waals surface area contributed by atoms with Gasteiger partial charge in [0.2, 0.25) is 0 Å². The van der Waals surface area contributed by atoms with E-state index in [1.54, 1.807) is 6.07 Å². The summed E-state index contributed by atoms with van der Waals surface area (Å²) in [5.74, 6) is 1.49. The van der Waals surface area contributed by atoms with Crippen molar-refractivity contribution in [3.8, 4) is 6.07 Å². The summed E-state index contributed by atoms with van der Waals surface area (Å²) in [5, 5.41) is 17.4. The molecule has 0 amide bonds. The highest BCUT2D eigenvalue weighted by Gasteiger charge is 2.16. The van der Waals surface area contributed by atoms with Gasteiger partial charge in [0.15, 0.2) is 5.65 Å². The van der Waals surface area contributed by atoms with Crippen LogP contribution >= 0.6 is 0 Å². The Bertz CT molecular complexity index is 559. The van der Waals surface area contributed by atoms with Crippen LogP contribution in [0.2, 0.25) is 0 Å². The summed E-state index contributed by atoms with van der Waals surface area (Å²) < 4.78 is 2.01. The van der Waals surface area contributed by atoms with Crippen molar-refractivity contribution in [3.05, 3.63) is 29.7 Å². The molecule has 0 bridgehead atoms. The molecule has 2 aromatic rings. The molecule has 0 aliphatic heterocycles. The Kier molecular flexibility index (Phi) is 3.93. The largest absolute Gasteiger partial charge is 0.286 e. The zero-order valence-corrected chi connectivity index (χ0v) is 10.9. The van der Waals surface area contributed by atoms with Gasteiger partial charge < -0.3 is 0 Å². The molecule has 0 fully saturated rings. The van der Waals surface area contributed by atoms with E-state index in [2.05, 4.69) is 30.1 Å². The highest BCUT2D eigenvalue weighted by atomic mass is 15.2. The number of hydrogen-bond acceptors (Lipinski definition) is 3. The van der Waals surface area contributed by atoms with Crippen molar-refractivity contribution in [1.29, 1.82) is 5.26 Å². The lowest BCUT2D eigenvalue weighted by molar-refractivity contribution is 0.529. The van der Waals surface area contributed by atoms with Crippen LogP contribution in [0.3, 0.4) is 0 Å². The molecule has 2 rings (SSSR count). The van der Waals surface area contributed by atoms with E-state index in [0.29, 0.717) is 11.5 Å². The number of nitriles is 1. The van der Waals surface area contributed by atoms with Crippen molar-refractivity contribution in [2.75, 3.05) is 0 Å². The van der Waals surface area contributed by atoms with Crippen molar-refractivity contribution < 1.29 is 0 Å². The van der Waals surface area contributed by atoms with Gasteiger partial charge in [0.25, 0.3) is 0 Å². The first-order chi connectivity index (χ1) is 8.80. The number of fused-ring (bicyclic) bond motifs is 1. The minimum atomic E-state index is 0.461. The summed E-state index contributed by atoms with van der Waals surface area (Å²) in [7, 11) is 0. The fourth-order valence-electron chi connectivity index (χ4n) is 2.36. The summed E-state index contributed by atoms with van der Waals surface area (Å²) in [5.41, 5.74) is 1.39. The van der Waals surface area contributed by atoms with E-state index in [-0.39, 0.29) is 0 Å². The molecule has 0 aliphatic carbocycles. The Morgan fingerprint density at radius 1 is 1.28 bits per heavy atom. The lowest BCUT2D eigenvalue weighted by Crippen LogP contribution is -2.04. The highest BCUT2D eigenvalue weighted by molar-refractivity contribution is 5.45. The average Bonchev–Trinajstić information content (AvgIpc) is 2.81. The number of aromatic nitrogens is 3. The molecular formula is C14H18N4.